The molecule has 4 rings (SSSR count). The van der Waals surface area contributed by atoms with Crippen molar-refractivity contribution in [1.29, 1.82) is 0 Å². The van der Waals surface area contributed by atoms with E-state index in [4.69, 9.17) is 4.84 Å². The molecule has 8 heteroatoms. The van der Waals surface area contributed by atoms with Crippen LogP contribution in [0.15, 0.2) is 24.3 Å². The molecule has 1 aromatic rings. The van der Waals surface area contributed by atoms with Crippen molar-refractivity contribution in [3.8, 4) is 0 Å². The highest BCUT2D eigenvalue weighted by Crippen LogP contribution is 2.31. The Morgan fingerprint density at radius 3 is 2.27 bits per heavy atom. The van der Waals surface area contributed by atoms with Crippen LogP contribution in [0.1, 0.15) is 46.4 Å². The molecule has 1 saturated heterocycles. The zero-order valence-corrected chi connectivity index (χ0v) is 14.9. The van der Waals surface area contributed by atoms with Gasteiger partial charge in [-0.05, 0) is 25.0 Å². The fourth-order valence-electron chi connectivity index (χ4n) is 3.66. The molecule has 2 fully saturated rings. The maximum absolute atomic E-state index is 12.7. The molecule has 1 saturated carbocycles. The molecule has 3 aliphatic rings. The van der Waals surface area contributed by atoms with E-state index in [9.17, 15) is 19.2 Å². The molecule has 136 valence electrons. The molecule has 0 spiro atoms. The van der Waals surface area contributed by atoms with Gasteiger partial charge in [-0.15, -0.1) is 11.8 Å². The first-order valence-corrected chi connectivity index (χ1v) is 9.81. The topological polar surface area (TPSA) is 84.0 Å². The number of fused-ring (bicyclic) bond motifs is 1. The van der Waals surface area contributed by atoms with Crippen LogP contribution in [0.3, 0.4) is 0 Å². The third-order valence-electron chi connectivity index (χ3n) is 5.08. The molecule has 0 radical (unpaired) electrons. The Balaban J connectivity index is 1.47. The van der Waals surface area contributed by atoms with Crippen LogP contribution in [0.4, 0.5) is 0 Å². The Morgan fingerprint density at radius 1 is 1.04 bits per heavy atom. The number of amides is 3. The van der Waals surface area contributed by atoms with E-state index in [1.807, 2.05) is 0 Å². The highest BCUT2D eigenvalue weighted by Gasteiger charge is 2.43. The van der Waals surface area contributed by atoms with Gasteiger partial charge in [-0.25, -0.2) is 4.79 Å². The van der Waals surface area contributed by atoms with Crippen molar-refractivity contribution in [1.82, 2.24) is 9.96 Å². The van der Waals surface area contributed by atoms with Crippen LogP contribution in [0, 0.1) is 5.92 Å². The first-order valence-electron chi connectivity index (χ1n) is 8.66. The highest BCUT2D eigenvalue weighted by molar-refractivity contribution is 7.99. The first kappa shape index (κ1) is 17.1. The third kappa shape index (κ3) is 2.78. The van der Waals surface area contributed by atoms with Crippen molar-refractivity contribution >= 4 is 35.5 Å². The summed E-state index contributed by atoms with van der Waals surface area (Å²) in [6, 6.07) is 5.56. The maximum atomic E-state index is 12.7. The van der Waals surface area contributed by atoms with Crippen molar-refractivity contribution in [2.75, 3.05) is 11.6 Å². The number of imide groups is 1. The van der Waals surface area contributed by atoms with Gasteiger partial charge in [0.25, 0.3) is 11.8 Å². The summed E-state index contributed by atoms with van der Waals surface area (Å²) in [5.41, 5.74) is 0.426. The number of thioether (sulfide) groups is 1. The molecule has 3 amide bonds. The van der Waals surface area contributed by atoms with Crippen LogP contribution in [-0.4, -0.2) is 51.3 Å². The van der Waals surface area contributed by atoms with Crippen molar-refractivity contribution in [3.05, 3.63) is 35.4 Å². The Kier molecular flexibility index (Phi) is 4.44. The summed E-state index contributed by atoms with van der Waals surface area (Å²) in [5.74, 6) is -1.29. The van der Waals surface area contributed by atoms with E-state index in [-0.39, 0.29) is 23.0 Å². The molecule has 0 aromatic heterocycles. The highest BCUT2D eigenvalue weighted by atomic mass is 32.2. The lowest BCUT2D eigenvalue weighted by Crippen LogP contribution is -2.47. The Bertz CT molecular complexity index is 755. The molecule has 2 heterocycles. The predicted octanol–water partition coefficient (Wildman–Crippen LogP) is 1.83. The molecule has 1 aromatic carbocycles. The minimum Gasteiger partial charge on any atom is -0.327 e. The molecular formula is C18H18N2O5S. The monoisotopic (exact) mass is 374 g/mol. The van der Waals surface area contributed by atoms with Crippen molar-refractivity contribution in [2.24, 2.45) is 5.92 Å². The van der Waals surface area contributed by atoms with E-state index in [0.29, 0.717) is 16.7 Å². The van der Waals surface area contributed by atoms with Gasteiger partial charge in [-0.3, -0.25) is 14.4 Å². The van der Waals surface area contributed by atoms with Crippen LogP contribution >= 0.6 is 11.8 Å². The van der Waals surface area contributed by atoms with Crippen molar-refractivity contribution in [2.45, 2.75) is 31.7 Å². The molecular weight excluding hydrogens is 356 g/mol. The van der Waals surface area contributed by atoms with E-state index in [0.717, 1.165) is 25.7 Å². The van der Waals surface area contributed by atoms with Crippen molar-refractivity contribution in [3.63, 3.8) is 0 Å². The second-order valence-corrected chi connectivity index (χ2v) is 7.67. The fourth-order valence-corrected chi connectivity index (χ4v) is 4.81. The van der Waals surface area contributed by atoms with Gasteiger partial charge in [-0.2, -0.15) is 0 Å². The number of nitrogens with zero attached hydrogens (tertiary/aromatic N) is 2. The van der Waals surface area contributed by atoms with E-state index in [1.165, 1.54) is 28.8 Å². The minimum absolute atomic E-state index is 0.0307. The zero-order valence-electron chi connectivity index (χ0n) is 14.1. The first-order chi connectivity index (χ1) is 12.6. The van der Waals surface area contributed by atoms with Gasteiger partial charge in [0, 0.05) is 11.7 Å². The number of hydrogen-bond acceptors (Lipinski definition) is 6. The molecule has 7 nitrogen and oxygen atoms in total. The van der Waals surface area contributed by atoms with Gasteiger partial charge < -0.3 is 9.74 Å². The fraction of sp³-hybridized carbons (Fsp3) is 0.444. The smallest absolute Gasteiger partial charge is 0.327 e. The standard InChI is InChI=1S/C18H18N2O5S/c21-15(11-5-1-2-6-11)19-10-26-9-14(19)18(24)25-20-16(22)12-7-3-4-8-13(12)17(20)23/h3-4,7-8,11,14H,1-2,5-6,9-10H2/t14-/m0/s1. The number of carbonyl (C=O) groups is 4. The minimum atomic E-state index is -0.766. The van der Waals surface area contributed by atoms with E-state index < -0.39 is 23.8 Å². The van der Waals surface area contributed by atoms with Crippen LogP contribution in [-0.2, 0) is 14.4 Å². The van der Waals surface area contributed by atoms with E-state index in [1.54, 1.807) is 12.1 Å². The SMILES string of the molecule is O=C(ON1C(=O)c2ccccc2C1=O)[C@@H]1CSCN1C(=O)C1CCCC1. The van der Waals surface area contributed by atoms with Gasteiger partial charge in [0.15, 0.2) is 0 Å². The van der Waals surface area contributed by atoms with Crippen LogP contribution in [0.5, 0.6) is 0 Å². The zero-order chi connectivity index (χ0) is 18.3. The van der Waals surface area contributed by atoms with Crippen LogP contribution < -0.4 is 0 Å². The van der Waals surface area contributed by atoms with E-state index in [2.05, 4.69) is 0 Å². The number of carbonyl (C=O) groups excluding carboxylic acids is 4. The predicted molar refractivity (Wildman–Crippen MR) is 93.0 cm³/mol. The molecule has 1 atom stereocenters. The summed E-state index contributed by atoms with van der Waals surface area (Å²) in [5, 5.41) is 0.508. The summed E-state index contributed by atoms with van der Waals surface area (Å²) in [6.45, 7) is 0. The number of rotatable bonds is 3. The summed E-state index contributed by atoms with van der Waals surface area (Å²) < 4.78 is 0. The molecule has 1 aliphatic carbocycles. The van der Waals surface area contributed by atoms with Gasteiger partial charge in [0.2, 0.25) is 5.91 Å². The van der Waals surface area contributed by atoms with Crippen LogP contribution in [0.2, 0.25) is 0 Å². The van der Waals surface area contributed by atoms with Gasteiger partial charge in [-0.1, -0.05) is 30.0 Å². The number of hydrogen-bond donors (Lipinski definition) is 0. The van der Waals surface area contributed by atoms with E-state index >= 15 is 0 Å². The third-order valence-corrected chi connectivity index (χ3v) is 6.09. The molecule has 2 aliphatic heterocycles. The molecule has 0 unspecified atom stereocenters. The molecule has 0 N–H and O–H groups in total. The largest absolute Gasteiger partial charge is 0.356 e. The van der Waals surface area contributed by atoms with Gasteiger partial charge in [0.05, 0.1) is 17.0 Å². The van der Waals surface area contributed by atoms with Crippen molar-refractivity contribution < 1.29 is 24.0 Å². The second-order valence-electron chi connectivity index (χ2n) is 6.67. The number of benzene rings is 1. The normalized spacial score (nSPS) is 22.8. The summed E-state index contributed by atoms with van der Waals surface area (Å²) in [4.78, 5) is 56.6. The summed E-state index contributed by atoms with van der Waals surface area (Å²) in [6.07, 6.45) is 3.75. The van der Waals surface area contributed by atoms with Gasteiger partial charge in [0.1, 0.15) is 6.04 Å². The Hall–Kier alpha value is -2.35. The lowest BCUT2D eigenvalue weighted by atomic mass is 10.1. The lowest BCUT2D eigenvalue weighted by Gasteiger charge is -2.25. The van der Waals surface area contributed by atoms with Gasteiger partial charge >= 0.3 is 5.97 Å². The quantitative estimate of drug-likeness (QED) is 0.751. The summed E-state index contributed by atoms with van der Waals surface area (Å²) in [7, 11) is 0. The average molecular weight is 374 g/mol. The number of hydroxylamine groups is 2. The molecule has 0 bridgehead atoms. The second kappa shape index (κ2) is 6.75. The van der Waals surface area contributed by atoms with Crippen LogP contribution in [0.25, 0.3) is 0 Å². The lowest BCUT2D eigenvalue weighted by molar-refractivity contribution is -0.175. The maximum Gasteiger partial charge on any atom is 0.356 e. The molecule has 26 heavy (non-hydrogen) atoms. The Morgan fingerprint density at radius 2 is 1.65 bits per heavy atom. The average Bonchev–Trinajstić information content (AvgIpc) is 3.39. The Labute approximate surface area is 154 Å². The summed E-state index contributed by atoms with van der Waals surface area (Å²) >= 11 is 1.47.